The molecule has 184 valence electrons. The molecule has 0 unspecified atom stereocenters. The number of likely N-dealkylation sites (N-methyl/N-ethyl adjacent to an activating group) is 1. The Hall–Kier alpha value is -3.19. The monoisotopic (exact) mass is 468 g/mol. The van der Waals surface area contributed by atoms with E-state index in [2.05, 4.69) is 12.2 Å². The fourth-order valence-corrected chi connectivity index (χ4v) is 3.44. The molecule has 0 aliphatic rings. The zero-order valence-electron chi connectivity index (χ0n) is 20.5. The molecule has 2 aromatic carbocycles. The SMILES string of the molecule is CCCCCCCCOCC(=O)N(C)c1cc(NC(=O)c2ccccc2)ccc1C(=O)OCC. The molecule has 7 nitrogen and oxygen atoms in total. The van der Waals surface area contributed by atoms with Crippen molar-refractivity contribution in [2.24, 2.45) is 0 Å². The van der Waals surface area contributed by atoms with E-state index in [0.29, 0.717) is 23.5 Å². The highest BCUT2D eigenvalue weighted by Gasteiger charge is 2.21. The van der Waals surface area contributed by atoms with E-state index < -0.39 is 5.97 Å². The van der Waals surface area contributed by atoms with Crippen molar-refractivity contribution >= 4 is 29.2 Å². The minimum Gasteiger partial charge on any atom is -0.462 e. The van der Waals surface area contributed by atoms with E-state index in [9.17, 15) is 14.4 Å². The molecule has 34 heavy (non-hydrogen) atoms. The Bertz CT molecular complexity index is 930. The summed E-state index contributed by atoms with van der Waals surface area (Å²) in [6.07, 6.45) is 6.86. The Morgan fingerprint density at radius 1 is 0.912 bits per heavy atom. The fourth-order valence-electron chi connectivity index (χ4n) is 3.44. The second-order valence-electron chi connectivity index (χ2n) is 8.05. The predicted molar refractivity (Wildman–Crippen MR) is 134 cm³/mol. The van der Waals surface area contributed by atoms with Gasteiger partial charge >= 0.3 is 5.97 Å². The maximum absolute atomic E-state index is 12.8. The number of rotatable bonds is 14. The quantitative estimate of drug-likeness (QED) is 0.294. The van der Waals surface area contributed by atoms with E-state index in [1.165, 1.54) is 30.6 Å². The number of hydrogen-bond acceptors (Lipinski definition) is 5. The molecule has 0 aliphatic heterocycles. The lowest BCUT2D eigenvalue weighted by Gasteiger charge is -2.21. The fraction of sp³-hybridized carbons (Fsp3) is 0.444. The Morgan fingerprint density at radius 3 is 2.32 bits per heavy atom. The molecule has 0 heterocycles. The van der Waals surface area contributed by atoms with E-state index in [1.807, 2.05) is 6.07 Å². The first-order valence-corrected chi connectivity index (χ1v) is 12.0. The van der Waals surface area contributed by atoms with Crippen LogP contribution in [0.15, 0.2) is 48.5 Å². The van der Waals surface area contributed by atoms with Crippen LogP contribution in [0.3, 0.4) is 0 Å². The summed E-state index contributed by atoms with van der Waals surface area (Å²) in [5.41, 5.74) is 1.56. The van der Waals surface area contributed by atoms with E-state index in [-0.39, 0.29) is 30.6 Å². The molecule has 0 radical (unpaired) electrons. The highest BCUT2D eigenvalue weighted by atomic mass is 16.5. The summed E-state index contributed by atoms with van der Waals surface area (Å²) in [6.45, 7) is 4.55. The number of amides is 2. The van der Waals surface area contributed by atoms with Gasteiger partial charge < -0.3 is 19.7 Å². The summed E-state index contributed by atoms with van der Waals surface area (Å²) in [5.74, 6) is -1.11. The molecule has 0 saturated heterocycles. The highest BCUT2D eigenvalue weighted by Crippen LogP contribution is 2.26. The molecule has 0 spiro atoms. The van der Waals surface area contributed by atoms with Crippen LogP contribution in [0.4, 0.5) is 11.4 Å². The summed E-state index contributed by atoms with van der Waals surface area (Å²) < 4.78 is 10.7. The number of nitrogens with one attached hydrogen (secondary N) is 1. The van der Waals surface area contributed by atoms with Gasteiger partial charge in [0.1, 0.15) is 6.61 Å². The molecular formula is C27H36N2O5. The first-order valence-electron chi connectivity index (χ1n) is 12.0. The molecule has 2 amide bonds. The molecule has 0 saturated carbocycles. The number of hydrogen-bond donors (Lipinski definition) is 1. The first-order chi connectivity index (χ1) is 16.5. The van der Waals surface area contributed by atoms with Crippen molar-refractivity contribution in [3.8, 4) is 0 Å². The maximum Gasteiger partial charge on any atom is 0.340 e. The molecule has 0 fully saturated rings. The second kappa shape index (κ2) is 14.9. The van der Waals surface area contributed by atoms with Gasteiger partial charge in [0.2, 0.25) is 0 Å². The van der Waals surface area contributed by atoms with Crippen molar-refractivity contribution < 1.29 is 23.9 Å². The number of unbranched alkanes of at least 4 members (excludes halogenated alkanes) is 5. The number of nitrogens with zero attached hydrogens (tertiary/aromatic N) is 1. The van der Waals surface area contributed by atoms with Crippen LogP contribution in [0.1, 0.15) is 73.1 Å². The Labute approximate surface area is 202 Å². The summed E-state index contributed by atoms with van der Waals surface area (Å²) in [7, 11) is 1.58. The number of esters is 1. The number of anilines is 2. The van der Waals surface area contributed by atoms with Crippen LogP contribution in [-0.2, 0) is 14.3 Å². The van der Waals surface area contributed by atoms with Crippen molar-refractivity contribution in [3.05, 3.63) is 59.7 Å². The smallest absolute Gasteiger partial charge is 0.340 e. The highest BCUT2D eigenvalue weighted by molar-refractivity contribution is 6.07. The standard InChI is InChI=1S/C27H36N2O5/c1-4-6-7-8-9-13-18-33-20-25(30)29(3)24-19-22(16-17-23(24)27(32)34-5-2)28-26(31)21-14-11-10-12-15-21/h10-12,14-17,19H,4-9,13,18,20H2,1-3H3,(H,28,31). The Morgan fingerprint density at radius 2 is 1.62 bits per heavy atom. The third-order valence-corrected chi connectivity index (χ3v) is 5.39. The summed E-state index contributed by atoms with van der Waals surface area (Å²) in [4.78, 5) is 39.1. The van der Waals surface area contributed by atoms with Crippen LogP contribution in [-0.4, -0.2) is 44.7 Å². The zero-order chi connectivity index (χ0) is 24.8. The molecule has 0 atom stereocenters. The van der Waals surface area contributed by atoms with Crippen molar-refractivity contribution in [2.45, 2.75) is 52.4 Å². The lowest BCUT2D eigenvalue weighted by atomic mass is 10.1. The van der Waals surface area contributed by atoms with Gasteiger partial charge in [-0.15, -0.1) is 0 Å². The van der Waals surface area contributed by atoms with Crippen LogP contribution in [0, 0.1) is 0 Å². The van der Waals surface area contributed by atoms with E-state index in [1.54, 1.807) is 56.4 Å². The van der Waals surface area contributed by atoms with Gasteiger partial charge in [-0.2, -0.15) is 0 Å². The normalized spacial score (nSPS) is 10.6. The van der Waals surface area contributed by atoms with Crippen molar-refractivity contribution in [1.82, 2.24) is 0 Å². The number of carbonyl (C=O) groups is 3. The number of carbonyl (C=O) groups excluding carboxylic acids is 3. The largest absolute Gasteiger partial charge is 0.462 e. The average Bonchev–Trinajstić information content (AvgIpc) is 2.85. The topological polar surface area (TPSA) is 84.9 Å². The minimum atomic E-state index is -0.536. The summed E-state index contributed by atoms with van der Waals surface area (Å²) in [5, 5.41) is 2.81. The lowest BCUT2D eigenvalue weighted by molar-refractivity contribution is -0.122. The van der Waals surface area contributed by atoms with Gasteiger partial charge in [0.05, 0.1) is 17.9 Å². The summed E-state index contributed by atoms with van der Waals surface area (Å²) >= 11 is 0. The van der Waals surface area contributed by atoms with Gasteiger partial charge in [-0.25, -0.2) is 4.79 Å². The van der Waals surface area contributed by atoms with Gasteiger partial charge in [-0.3, -0.25) is 9.59 Å². The molecule has 0 aromatic heterocycles. The lowest BCUT2D eigenvalue weighted by Crippen LogP contribution is -2.32. The van der Waals surface area contributed by atoms with Gasteiger partial charge in [0.25, 0.3) is 11.8 Å². The molecule has 0 bridgehead atoms. The Kier molecular flexibility index (Phi) is 11.8. The summed E-state index contributed by atoms with van der Waals surface area (Å²) in [6, 6.07) is 13.6. The Balaban J connectivity index is 2.05. The molecule has 7 heteroatoms. The average molecular weight is 469 g/mol. The minimum absolute atomic E-state index is 0.0890. The molecule has 1 N–H and O–H groups in total. The van der Waals surface area contributed by atoms with Crippen molar-refractivity contribution in [3.63, 3.8) is 0 Å². The third-order valence-electron chi connectivity index (χ3n) is 5.39. The van der Waals surface area contributed by atoms with Gasteiger partial charge in [0, 0.05) is 24.9 Å². The van der Waals surface area contributed by atoms with Crippen LogP contribution < -0.4 is 10.2 Å². The molecule has 0 aliphatic carbocycles. The van der Waals surface area contributed by atoms with Crippen LogP contribution in [0.5, 0.6) is 0 Å². The first kappa shape index (κ1) is 27.1. The predicted octanol–water partition coefficient (Wildman–Crippen LogP) is 5.46. The number of benzene rings is 2. The van der Waals surface area contributed by atoms with E-state index in [4.69, 9.17) is 9.47 Å². The number of ether oxygens (including phenoxy) is 2. The van der Waals surface area contributed by atoms with E-state index >= 15 is 0 Å². The third kappa shape index (κ3) is 8.63. The van der Waals surface area contributed by atoms with E-state index in [0.717, 1.165) is 12.8 Å². The molecule has 2 aromatic rings. The van der Waals surface area contributed by atoms with Crippen LogP contribution in [0.2, 0.25) is 0 Å². The van der Waals surface area contributed by atoms with Gasteiger partial charge in [-0.05, 0) is 43.7 Å². The van der Waals surface area contributed by atoms with Crippen molar-refractivity contribution in [2.75, 3.05) is 37.1 Å². The second-order valence-corrected chi connectivity index (χ2v) is 8.05. The zero-order valence-corrected chi connectivity index (χ0v) is 20.5. The maximum atomic E-state index is 12.8. The van der Waals surface area contributed by atoms with Crippen molar-refractivity contribution in [1.29, 1.82) is 0 Å². The van der Waals surface area contributed by atoms with Gasteiger partial charge in [-0.1, -0.05) is 57.2 Å². The van der Waals surface area contributed by atoms with Crippen LogP contribution >= 0.6 is 0 Å². The molecule has 2 rings (SSSR count). The molecular weight excluding hydrogens is 432 g/mol. The van der Waals surface area contributed by atoms with Crippen LogP contribution in [0.25, 0.3) is 0 Å². The van der Waals surface area contributed by atoms with Gasteiger partial charge in [0.15, 0.2) is 0 Å².